The zero-order valence-corrected chi connectivity index (χ0v) is 19.0. The van der Waals surface area contributed by atoms with Gasteiger partial charge in [0.2, 0.25) is 0 Å². The van der Waals surface area contributed by atoms with Crippen LogP contribution in [-0.2, 0) is 26.5 Å². The average molecular weight is 457 g/mol. The highest BCUT2D eigenvalue weighted by atomic mass is 32.2. The van der Waals surface area contributed by atoms with Gasteiger partial charge in [-0.3, -0.25) is 9.03 Å². The molecule has 0 saturated carbocycles. The summed E-state index contributed by atoms with van der Waals surface area (Å²) in [6.45, 7) is 3.97. The van der Waals surface area contributed by atoms with Crippen molar-refractivity contribution in [1.82, 2.24) is 0 Å². The fraction of sp³-hybridized carbons (Fsp3) is 0.217. The molecule has 6 nitrogen and oxygen atoms in total. The highest BCUT2D eigenvalue weighted by Gasteiger charge is 2.29. The van der Waals surface area contributed by atoms with Gasteiger partial charge < -0.3 is 0 Å². The summed E-state index contributed by atoms with van der Waals surface area (Å²) < 4.78 is 56.5. The molecule has 1 aliphatic rings. The summed E-state index contributed by atoms with van der Waals surface area (Å²) in [5.74, 6) is 0. The summed E-state index contributed by atoms with van der Waals surface area (Å²) in [6.07, 6.45) is 1.44. The van der Waals surface area contributed by atoms with E-state index in [1.165, 1.54) is 4.31 Å². The maximum Gasteiger partial charge on any atom is 0.264 e. The van der Waals surface area contributed by atoms with Crippen LogP contribution in [0.1, 0.15) is 23.1 Å². The van der Waals surface area contributed by atoms with Crippen molar-refractivity contribution < 1.29 is 16.8 Å². The van der Waals surface area contributed by atoms with Gasteiger partial charge in [0.15, 0.2) is 0 Å². The minimum atomic E-state index is -3.82. The van der Waals surface area contributed by atoms with Gasteiger partial charge in [-0.1, -0.05) is 36.4 Å². The monoisotopic (exact) mass is 456 g/mol. The summed E-state index contributed by atoms with van der Waals surface area (Å²) in [4.78, 5) is 0.420. The molecule has 0 amide bonds. The van der Waals surface area contributed by atoms with Gasteiger partial charge in [-0.2, -0.15) is 0 Å². The summed E-state index contributed by atoms with van der Waals surface area (Å²) in [7, 11) is -7.56. The summed E-state index contributed by atoms with van der Waals surface area (Å²) >= 11 is 0. The molecule has 1 heterocycles. The van der Waals surface area contributed by atoms with Gasteiger partial charge in [0.25, 0.3) is 20.0 Å². The van der Waals surface area contributed by atoms with Gasteiger partial charge in [-0.05, 0) is 73.7 Å². The summed E-state index contributed by atoms with van der Waals surface area (Å²) in [5, 5.41) is 0. The number of sulfonamides is 2. The molecule has 0 aromatic heterocycles. The largest absolute Gasteiger partial charge is 0.280 e. The molecule has 1 aliphatic heterocycles. The van der Waals surface area contributed by atoms with Crippen LogP contribution >= 0.6 is 0 Å². The SMILES string of the molecule is Cc1cccc(S(=O)(=O)Nc2ccc3c(c2)N(S(=O)(=O)c2ccccc2)CCC3)c1C. The number of anilines is 2. The third-order valence-corrected chi connectivity index (χ3v) is 8.94. The third kappa shape index (κ3) is 4.05. The Morgan fingerprint density at radius 2 is 1.61 bits per heavy atom. The van der Waals surface area contributed by atoms with E-state index < -0.39 is 20.0 Å². The molecule has 3 aromatic rings. The van der Waals surface area contributed by atoms with E-state index in [0.29, 0.717) is 29.9 Å². The zero-order chi connectivity index (χ0) is 22.2. The molecule has 0 spiro atoms. The average Bonchev–Trinajstić information content (AvgIpc) is 2.75. The first-order chi connectivity index (χ1) is 14.7. The van der Waals surface area contributed by atoms with Crippen molar-refractivity contribution in [3.63, 3.8) is 0 Å². The Labute approximate surface area is 183 Å². The fourth-order valence-corrected chi connectivity index (χ4v) is 6.72. The normalized spacial score (nSPS) is 14.2. The van der Waals surface area contributed by atoms with Crippen molar-refractivity contribution >= 4 is 31.4 Å². The minimum absolute atomic E-state index is 0.207. The number of nitrogens with one attached hydrogen (secondary N) is 1. The van der Waals surface area contributed by atoms with Crippen LogP contribution in [-0.4, -0.2) is 23.4 Å². The van der Waals surface area contributed by atoms with Crippen molar-refractivity contribution in [2.24, 2.45) is 0 Å². The van der Waals surface area contributed by atoms with Crippen LogP contribution in [0.5, 0.6) is 0 Å². The number of nitrogens with zero attached hydrogens (tertiary/aromatic N) is 1. The van der Waals surface area contributed by atoms with Gasteiger partial charge in [-0.15, -0.1) is 0 Å². The number of fused-ring (bicyclic) bond motifs is 1. The van der Waals surface area contributed by atoms with Gasteiger partial charge in [-0.25, -0.2) is 16.8 Å². The van der Waals surface area contributed by atoms with E-state index >= 15 is 0 Å². The number of benzene rings is 3. The van der Waals surface area contributed by atoms with E-state index in [9.17, 15) is 16.8 Å². The zero-order valence-electron chi connectivity index (χ0n) is 17.4. The second-order valence-electron chi connectivity index (χ2n) is 7.64. The first kappa shape index (κ1) is 21.4. The van der Waals surface area contributed by atoms with Crippen LogP contribution in [0.25, 0.3) is 0 Å². The molecular formula is C23H24N2O4S2. The Hall–Kier alpha value is -2.84. The molecule has 1 N–H and O–H groups in total. The molecule has 0 unspecified atom stereocenters. The lowest BCUT2D eigenvalue weighted by atomic mass is 10.0. The Balaban J connectivity index is 1.73. The van der Waals surface area contributed by atoms with Gasteiger partial charge in [0.05, 0.1) is 21.2 Å². The number of aryl methyl sites for hydroxylation is 2. The summed E-state index contributed by atoms with van der Waals surface area (Å²) in [5.41, 5.74) is 3.28. The molecule has 31 heavy (non-hydrogen) atoms. The smallest absolute Gasteiger partial charge is 0.264 e. The summed E-state index contributed by atoms with van der Waals surface area (Å²) in [6, 6.07) is 18.5. The van der Waals surface area contributed by atoms with Crippen LogP contribution in [0, 0.1) is 13.8 Å². The van der Waals surface area contributed by atoms with Crippen LogP contribution < -0.4 is 9.03 Å². The van der Waals surface area contributed by atoms with Gasteiger partial charge >= 0.3 is 0 Å². The highest BCUT2D eigenvalue weighted by Crippen LogP contribution is 2.35. The van der Waals surface area contributed by atoms with Gasteiger partial charge in [0.1, 0.15) is 0 Å². The van der Waals surface area contributed by atoms with E-state index in [2.05, 4.69) is 4.72 Å². The molecule has 0 atom stereocenters. The number of hydrogen-bond donors (Lipinski definition) is 1. The Morgan fingerprint density at radius 1 is 0.871 bits per heavy atom. The highest BCUT2D eigenvalue weighted by molar-refractivity contribution is 7.93. The van der Waals surface area contributed by atoms with E-state index in [-0.39, 0.29) is 9.79 Å². The van der Waals surface area contributed by atoms with E-state index in [4.69, 9.17) is 0 Å². The number of hydrogen-bond acceptors (Lipinski definition) is 4. The topological polar surface area (TPSA) is 83.6 Å². The van der Waals surface area contributed by atoms with Crippen LogP contribution in [0.4, 0.5) is 11.4 Å². The van der Waals surface area contributed by atoms with Crippen LogP contribution in [0.2, 0.25) is 0 Å². The molecule has 0 radical (unpaired) electrons. The molecule has 0 aliphatic carbocycles. The van der Waals surface area contributed by atoms with Gasteiger partial charge in [0, 0.05) is 6.54 Å². The quantitative estimate of drug-likeness (QED) is 0.622. The lowest BCUT2D eigenvalue weighted by Gasteiger charge is -2.31. The molecule has 0 fully saturated rings. The molecular weight excluding hydrogens is 432 g/mol. The predicted octanol–water partition coefficient (Wildman–Crippen LogP) is 4.25. The van der Waals surface area contributed by atoms with E-state index in [0.717, 1.165) is 17.5 Å². The minimum Gasteiger partial charge on any atom is -0.280 e. The Morgan fingerprint density at radius 3 is 2.35 bits per heavy atom. The molecule has 162 valence electrons. The molecule has 3 aromatic carbocycles. The first-order valence-electron chi connectivity index (χ1n) is 10.00. The maximum absolute atomic E-state index is 13.2. The predicted molar refractivity (Wildman–Crippen MR) is 122 cm³/mol. The fourth-order valence-electron chi connectivity index (χ4n) is 3.80. The van der Waals surface area contributed by atoms with Crippen molar-refractivity contribution in [2.75, 3.05) is 15.6 Å². The maximum atomic E-state index is 13.2. The van der Waals surface area contributed by atoms with Crippen molar-refractivity contribution in [3.8, 4) is 0 Å². The van der Waals surface area contributed by atoms with Crippen LogP contribution in [0.3, 0.4) is 0 Å². The third-order valence-electron chi connectivity index (χ3n) is 5.59. The van der Waals surface area contributed by atoms with Crippen molar-refractivity contribution in [2.45, 2.75) is 36.5 Å². The van der Waals surface area contributed by atoms with Crippen molar-refractivity contribution in [1.29, 1.82) is 0 Å². The molecule has 0 bridgehead atoms. The lowest BCUT2D eigenvalue weighted by molar-refractivity contribution is 0.586. The second kappa shape index (κ2) is 8.01. The molecule has 4 rings (SSSR count). The Kier molecular flexibility index (Phi) is 5.53. The number of rotatable bonds is 5. The lowest BCUT2D eigenvalue weighted by Crippen LogP contribution is -2.35. The van der Waals surface area contributed by atoms with E-state index in [1.54, 1.807) is 67.6 Å². The van der Waals surface area contributed by atoms with Crippen LogP contribution in [0.15, 0.2) is 76.5 Å². The Bertz CT molecular complexity index is 1340. The van der Waals surface area contributed by atoms with E-state index in [1.807, 2.05) is 13.0 Å². The first-order valence-corrected chi connectivity index (χ1v) is 12.9. The molecule has 0 saturated heterocycles. The second-order valence-corrected chi connectivity index (χ2v) is 11.2. The molecule has 8 heteroatoms. The standard InChI is InChI=1S/C23H24N2O4S2/c1-17-8-6-12-23(18(17)2)30(26,27)24-20-14-13-19-9-7-15-25(22(19)16-20)31(28,29)21-10-4-3-5-11-21/h3-6,8,10-14,16,24H,7,9,15H2,1-2H3. The van der Waals surface area contributed by atoms with Crippen molar-refractivity contribution in [3.05, 3.63) is 83.4 Å².